The number of halogens is 2. The number of amides is 3. The summed E-state index contributed by atoms with van der Waals surface area (Å²) in [7, 11) is -4.13. The first-order valence-corrected chi connectivity index (χ1v) is 13.2. The van der Waals surface area contributed by atoms with Crippen LogP contribution in [-0.4, -0.2) is 30.4 Å². The minimum Gasteiger partial charge on any atom is -0.379 e. The third kappa shape index (κ3) is 6.37. The first kappa shape index (κ1) is 26.4. The molecule has 0 unspecified atom stereocenters. The molecule has 1 N–H and O–H groups in total. The van der Waals surface area contributed by atoms with E-state index in [1.807, 2.05) is 0 Å². The van der Waals surface area contributed by atoms with Gasteiger partial charge in [-0.2, -0.15) is 8.42 Å². The van der Waals surface area contributed by atoms with Crippen molar-refractivity contribution in [3.63, 3.8) is 0 Å². The summed E-state index contributed by atoms with van der Waals surface area (Å²) >= 11 is 6.76. The molecule has 1 saturated heterocycles. The lowest BCUT2D eigenvalue weighted by Gasteiger charge is -2.13. The van der Waals surface area contributed by atoms with Crippen molar-refractivity contribution < 1.29 is 31.4 Å². The Kier molecular flexibility index (Phi) is 7.67. The van der Waals surface area contributed by atoms with Crippen molar-refractivity contribution in [3.8, 4) is 5.75 Å². The van der Waals surface area contributed by atoms with Crippen LogP contribution in [0.5, 0.6) is 5.75 Å². The summed E-state index contributed by atoms with van der Waals surface area (Å²) < 4.78 is 43.6. The SMILES string of the molecule is CC(=O)Nc1ccc(S(=O)(=O)Oc2ccc(/C=C3\SC(=O)N(Cc4ccc(F)cc4Cl)C3=O)cc2)cc1. The Hall–Kier alpha value is -3.67. The van der Waals surface area contributed by atoms with E-state index < -0.39 is 27.1 Å². The van der Waals surface area contributed by atoms with Gasteiger partial charge in [0.2, 0.25) is 5.91 Å². The van der Waals surface area contributed by atoms with Gasteiger partial charge in [-0.3, -0.25) is 19.3 Å². The highest BCUT2D eigenvalue weighted by Crippen LogP contribution is 2.34. The number of carbonyl (C=O) groups excluding carboxylic acids is 3. The minimum absolute atomic E-state index is 0.0437. The normalized spacial score (nSPS) is 14.8. The third-order valence-electron chi connectivity index (χ3n) is 5.06. The number of imide groups is 1. The number of nitrogens with zero attached hydrogens (tertiary/aromatic N) is 1. The van der Waals surface area contributed by atoms with Crippen molar-refractivity contribution in [2.24, 2.45) is 0 Å². The van der Waals surface area contributed by atoms with Gasteiger partial charge in [0.1, 0.15) is 16.5 Å². The summed E-state index contributed by atoms with van der Waals surface area (Å²) in [5.41, 5.74) is 1.41. The molecular formula is C25H18ClFN2O6S2. The van der Waals surface area contributed by atoms with E-state index in [-0.39, 0.29) is 33.0 Å². The average molecular weight is 561 g/mol. The molecule has 4 rings (SSSR count). The van der Waals surface area contributed by atoms with E-state index in [0.717, 1.165) is 22.7 Å². The molecule has 1 aliphatic heterocycles. The van der Waals surface area contributed by atoms with Crippen LogP contribution in [0.15, 0.2) is 76.5 Å². The molecule has 8 nitrogen and oxygen atoms in total. The van der Waals surface area contributed by atoms with Crippen LogP contribution in [0.25, 0.3) is 6.08 Å². The van der Waals surface area contributed by atoms with E-state index in [1.165, 1.54) is 73.7 Å². The van der Waals surface area contributed by atoms with Gasteiger partial charge < -0.3 is 9.50 Å². The summed E-state index contributed by atoms with van der Waals surface area (Å²) in [6.45, 7) is 1.24. The predicted octanol–water partition coefficient (Wildman–Crippen LogP) is 5.44. The predicted molar refractivity (Wildman–Crippen MR) is 138 cm³/mol. The smallest absolute Gasteiger partial charge is 0.339 e. The zero-order valence-electron chi connectivity index (χ0n) is 19.1. The lowest BCUT2D eigenvalue weighted by Crippen LogP contribution is -2.27. The van der Waals surface area contributed by atoms with E-state index >= 15 is 0 Å². The summed E-state index contributed by atoms with van der Waals surface area (Å²) in [6.07, 6.45) is 1.50. The molecule has 0 atom stereocenters. The number of hydrogen-bond donors (Lipinski definition) is 1. The van der Waals surface area contributed by atoms with Gasteiger partial charge in [0.15, 0.2) is 0 Å². The molecule has 1 fully saturated rings. The second-order valence-corrected chi connectivity index (χ2v) is 10.8. The van der Waals surface area contributed by atoms with Gasteiger partial charge in [-0.25, -0.2) is 4.39 Å². The van der Waals surface area contributed by atoms with E-state index in [2.05, 4.69) is 5.32 Å². The second kappa shape index (κ2) is 10.8. The topological polar surface area (TPSA) is 110 Å². The summed E-state index contributed by atoms with van der Waals surface area (Å²) in [5.74, 6) is -1.29. The molecule has 0 saturated carbocycles. The molecule has 0 aliphatic carbocycles. The van der Waals surface area contributed by atoms with Crippen LogP contribution in [0.4, 0.5) is 14.9 Å². The summed E-state index contributed by atoms with van der Waals surface area (Å²) in [4.78, 5) is 37.3. The lowest BCUT2D eigenvalue weighted by atomic mass is 10.2. The molecule has 0 radical (unpaired) electrons. The van der Waals surface area contributed by atoms with Crippen molar-refractivity contribution in [2.75, 3.05) is 5.32 Å². The van der Waals surface area contributed by atoms with Crippen molar-refractivity contribution >= 4 is 62.3 Å². The van der Waals surface area contributed by atoms with Crippen LogP contribution in [0.3, 0.4) is 0 Å². The zero-order valence-corrected chi connectivity index (χ0v) is 21.5. The van der Waals surface area contributed by atoms with E-state index in [9.17, 15) is 27.2 Å². The Morgan fingerprint density at radius 3 is 2.38 bits per heavy atom. The summed E-state index contributed by atoms with van der Waals surface area (Å²) in [6, 6.07) is 15.1. The molecular weight excluding hydrogens is 543 g/mol. The van der Waals surface area contributed by atoms with Gasteiger partial charge in [0.05, 0.1) is 11.4 Å². The van der Waals surface area contributed by atoms with Gasteiger partial charge in [-0.15, -0.1) is 0 Å². The van der Waals surface area contributed by atoms with Crippen LogP contribution >= 0.6 is 23.4 Å². The van der Waals surface area contributed by atoms with E-state index in [4.69, 9.17) is 15.8 Å². The fourth-order valence-electron chi connectivity index (χ4n) is 3.31. The van der Waals surface area contributed by atoms with Crippen LogP contribution in [-0.2, 0) is 26.3 Å². The Morgan fingerprint density at radius 1 is 1.08 bits per heavy atom. The van der Waals surface area contributed by atoms with Crippen molar-refractivity contribution in [1.82, 2.24) is 4.90 Å². The molecule has 0 aromatic heterocycles. The Labute approximate surface area is 221 Å². The molecule has 0 spiro atoms. The van der Waals surface area contributed by atoms with Crippen molar-refractivity contribution in [3.05, 3.63) is 93.6 Å². The molecule has 190 valence electrons. The molecule has 3 aromatic carbocycles. The number of nitrogens with one attached hydrogen (secondary N) is 1. The molecule has 1 heterocycles. The van der Waals surface area contributed by atoms with Gasteiger partial charge in [0, 0.05) is 17.6 Å². The minimum atomic E-state index is -4.13. The number of hydrogen-bond acceptors (Lipinski definition) is 7. The Bertz CT molecular complexity index is 1520. The molecule has 3 aromatic rings. The van der Waals surface area contributed by atoms with Gasteiger partial charge >= 0.3 is 10.1 Å². The fourth-order valence-corrected chi connectivity index (χ4v) is 5.31. The number of thioether (sulfide) groups is 1. The van der Waals surface area contributed by atoms with Crippen LogP contribution < -0.4 is 9.50 Å². The zero-order chi connectivity index (χ0) is 26.7. The molecule has 1 aliphatic rings. The third-order valence-corrected chi connectivity index (χ3v) is 7.58. The van der Waals surface area contributed by atoms with Gasteiger partial charge in [-0.05, 0) is 77.5 Å². The van der Waals surface area contributed by atoms with E-state index in [0.29, 0.717) is 16.8 Å². The quantitative estimate of drug-likeness (QED) is 0.302. The van der Waals surface area contributed by atoms with Crippen LogP contribution in [0, 0.1) is 5.82 Å². The first-order chi connectivity index (χ1) is 17.5. The highest BCUT2D eigenvalue weighted by Gasteiger charge is 2.35. The summed E-state index contributed by atoms with van der Waals surface area (Å²) in [5, 5.41) is 2.16. The molecule has 37 heavy (non-hydrogen) atoms. The highest BCUT2D eigenvalue weighted by molar-refractivity contribution is 8.18. The highest BCUT2D eigenvalue weighted by atomic mass is 35.5. The number of rotatable bonds is 7. The largest absolute Gasteiger partial charge is 0.379 e. The number of carbonyl (C=O) groups is 3. The number of anilines is 1. The molecule has 12 heteroatoms. The Morgan fingerprint density at radius 2 is 1.76 bits per heavy atom. The van der Waals surface area contributed by atoms with E-state index in [1.54, 1.807) is 0 Å². The standard InChI is InChI=1S/C25H18ClFN2O6S2/c1-15(30)28-19-6-10-21(11-7-19)37(33,34)35-20-8-2-16(3-9-20)12-23-24(31)29(25(32)36-23)14-17-4-5-18(27)13-22(17)26/h2-13H,14H2,1H3,(H,28,30)/b23-12-. The first-order valence-electron chi connectivity index (χ1n) is 10.6. The maximum absolute atomic E-state index is 13.3. The molecule has 0 bridgehead atoms. The van der Waals surface area contributed by atoms with Gasteiger partial charge in [0.25, 0.3) is 11.1 Å². The van der Waals surface area contributed by atoms with Crippen LogP contribution in [0.1, 0.15) is 18.1 Å². The maximum Gasteiger partial charge on any atom is 0.339 e. The maximum atomic E-state index is 13.3. The van der Waals surface area contributed by atoms with Crippen molar-refractivity contribution in [1.29, 1.82) is 0 Å². The van der Waals surface area contributed by atoms with Crippen molar-refractivity contribution in [2.45, 2.75) is 18.4 Å². The van der Waals surface area contributed by atoms with Crippen LogP contribution in [0.2, 0.25) is 5.02 Å². The second-order valence-electron chi connectivity index (χ2n) is 7.82. The number of benzene rings is 3. The average Bonchev–Trinajstić information content (AvgIpc) is 3.09. The lowest BCUT2D eigenvalue weighted by molar-refractivity contribution is -0.123. The molecule has 3 amide bonds. The fraction of sp³-hybridized carbons (Fsp3) is 0.0800. The Balaban J connectivity index is 1.44. The van der Waals surface area contributed by atoms with Gasteiger partial charge in [-0.1, -0.05) is 29.8 Å². The monoisotopic (exact) mass is 560 g/mol.